The first-order valence-electron chi connectivity index (χ1n) is 7.72. The van der Waals surface area contributed by atoms with Crippen molar-refractivity contribution in [2.75, 3.05) is 25.5 Å². The molecule has 0 saturated carbocycles. The maximum absolute atomic E-state index is 12.6. The summed E-state index contributed by atoms with van der Waals surface area (Å²) in [5, 5.41) is 7.18. The van der Waals surface area contributed by atoms with Crippen LogP contribution < -0.4 is 10.1 Å². The number of hydrogen-bond acceptors (Lipinski definition) is 7. The first-order valence-corrected chi connectivity index (χ1v) is 9.95. The van der Waals surface area contributed by atoms with Crippen molar-refractivity contribution in [2.45, 2.75) is 23.8 Å². The van der Waals surface area contributed by atoms with Crippen molar-refractivity contribution in [1.29, 1.82) is 0 Å². The Morgan fingerprint density at radius 3 is 2.64 bits per heavy atom. The molecule has 0 atom stereocenters. The van der Waals surface area contributed by atoms with Crippen molar-refractivity contribution in [1.82, 2.24) is 24.1 Å². The minimum atomic E-state index is -3.49. The van der Waals surface area contributed by atoms with Crippen molar-refractivity contribution in [3.05, 3.63) is 23.1 Å². The van der Waals surface area contributed by atoms with Gasteiger partial charge in [0.1, 0.15) is 4.90 Å². The first-order chi connectivity index (χ1) is 11.9. The van der Waals surface area contributed by atoms with Crippen molar-refractivity contribution in [3.63, 3.8) is 0 Å². The molecule has 3 rings (SSSR count). The smallest absolute Gasteiger partial charge is 0.246 e. The van der Waals surface area contributed by atoms with Crippen molar-refractivity contribution >= 4 is 31.9 Å². The van der Waals surface area contributed by atoms with Crippen molar-refractivity contribution < 1.29 is 13.2 Å². The number of rotatable bonds is 5. The van der Waals surface area contributed by atoms with E-state index in [0.717, 1.165) is 0 Å². The van der Waals surface area contributed by atoms with Gasteiger partial charge >= 0.3 is 0 Å². The summed E-state index contributed by atoms with van der Waals surface area (Å²) in [5.41, 5.74) is 0. The molecule has 136 valence electrons. The summed E-state index contributed by atoms with van der Waals surface area (Å²) in [6.45, 7) is 0.866. The Bertz CT molecular complexity index is 848. The second-order valence-electron chi connectivity index (χ2n) is 5.72. The molecule has 2 aromatic rings. The summed E-state index contributed by atoms with van der Waals surface area (Å²) >= 11 is 3.31. The third-order valence-electron chi connectivity index (χ3n) is 4.01. The molecule has 0 radical (unpaired) electrons. The fourth-order valence-corrected chi connectivity index (χ4v) is 4.48. The van der Waals surface area contributed by atoms with E-state index in [9.17, 15) is 8.42 Å². The van der Waals surface area contributed by atoms with Crippen LogP contribution in [-0.4, -0.2) is 58.7 Å². The van der Waals surface area contributed by atoms with Crippen LogP contribution in [0.4, 0.5) is 5.95 Å². The summed E-state index contributed by atoms with van der Waals surface area (Å²) in [6.07, 6.45) is 5.85. The lowest BCUT2D eigenvalue weighted by atomic mass is 10.1. The lowest BCUT2D eigenvalue weighted by Gasteiger charge is -2.31. The van der Waals surface area contributed by atoms with Gasteiger partial charge in [-0.2, -0.15) is 14.4 Å². The van der Waals surface area contributed by atoms with Gasteiger partial charge in [-0.15, -0.1) is 0 Å². The Kier molecular flexibility index (Phi) is 5.25. The Labute approximate surface area is 154 Å². The van der Waals surface area contributed by atoms with Crippen LogP contribution in [0.5, 0.6) is 5.88 Å². The van der Waals surface area contributed by atoms with Crippen LogP contribution in [0.25, 0.3) is 0 Å². The Balaban J connectivity index is 1.62. The molecular formula is C14H19BrN6O3S. The van der Waals surface area contributed by atoms with Crippen LogP contribution in [0.3, 0.4) is 0 Å². The molecule has 1 aliphatic rings. The fraction of sp³-hybridized carbons (Fsp3) is 0.500. The van der Waals surface area contributed by atoms with E-state index in [0.29, 0.717) is 42.2 Å². The lowest BCUT2D eigenvalue weighted by Crippen LogP contribution is -2.42. The van der Waals surface area contributed by atoms with Gasteiger partial charge in [-0.3, -0.25) is 4.68 Å². The monoisotopic (exact) mass is 430 g/mol. The number of nitrogens with zero attached hydrogens (tertiary/aromatic N) is 5. The van der Waals surface area contributed by atoms with Gasteiger partial charge < -0.3 is 10.1 Å². The molecule has 11 heteroatoms. The van der Waals surface area contributed by atoms with Gasteiger partial charge in [-0.1, -0.05) is 0 Å². The van der Waals surface area contributed by atoms with Crippen LogP contribution in [0.15, 0.2) is 28.0 Å². The van der Waals surface area contributed by atoms with Crippen molar-refractivity contribution in [3.8, 4) is 5.88 Å². The molecule has 1 N–H and O–H groups in total. The highest BCUT2D eigenvalue weighted by molar-refractivity contribution is 9.10. The molecule has 0 amide bonds. The third-order valence-corrected chi connectivity index (χ3v) is 6.41. The quantitative estimate of drug-likeness (QED) is 0.760. The van der Waals surface area contributed by atoms with E-state index in [4.69, 9.17) is 4.74 Å². The molecule has 25 heavy (non-hydrogen) atoms. The van der Waals surface area contributed by atoms with Gasteiger partial charge in [-0.25, -0.2) is 13.4 Å². The number of methoxy groups -OCH3 is 1. The normalized spacial score (nSPS) is 16.8. The summed E-state index contributed by atoms with van der Waals surface area (Å²) < 4.78 is 34.0. The van der Waals surface area contributed by atoms with E-state index < -0.39 is 10.0 Å². The van der Waals surface area contributed by atoms with Gasteiger partial charge in [0.15, 0.2) is 0 Å². The van der Waals surface area contributed by atoms with Crippen LogP contribution >= 0.6 is 15.9 Å². The zero-order valence-corrected chi connectivity index (χ0v) is 16.3. The summed E-state index contributed by atoms with van der Waals surface area (Å²) in [6, 6.07) is 0.103. The van der Waals surface area contributed by atoms with Gasteiger partial charge in [-0.05, 0) is 28.8 Å². The van der Waals surface area contributed by atoms with Crippen LogP contribution in [-0.2, 0) is 17.1 Å². The lowest BCUT2D eigenvalue weighted by molar-refractivity contribution is 0.328. The molecule has 0 aliphatic carbocycles. The fourth-order valence-electron chi connectivity index (χ4n) is 2.67. The Morgan fingerprint density at radius 2 is 2.04 bits per heavy atom. The number of anilines is 1. The van der Waals surface area contributed by atoms with E-state index >= 15 is 0 Å². The van der Waals surface area contributed by atoms with E-state index in [1.807, 2.05) is 0 Å². The highest BCUT2D eigenvalue weighted by atomic mass is 79.9. The minimum Gasteiger partial charge on any atom is -0.480 e. The zero-order chi connectivity index (χ0) is 18.0. The van der Waals surface area contributed by atoms with E-state index in [-0.39, 0.29) is 10.9 Å². The predicted molar refractivity (Wildman–Crippen MR) is 94.9 cm³/mol. The Hall–Kier alpha value is -1.72. The topological polar surface area (TPSA) is 102 Å². The number of aryl methyl sites for hydroxylation is 1. The summed E-state index contributed by atoms with van der Waals surface area (Å²) in [7, 11) is -0.253. The number of hydrogen-bond donors (Lipinski definition) is 1. The minimum absolute atomic E-state index is 0.103. The highest BCUT2D eigenvalue weighted by Gasteiger charge is 2.30. The van der Waals surface area contributed by atoms with Gasteiger partial charge in [0, 0.05) is 32.4 Å². The van der Waals surface area contributed by atoms with Gasteiger partial charge in [0.25, 0.3) is 0 Å². The molecular weight excluding hydrogens is 412 g/mol. The molecule has 0 spiro atoms. The number of aromatic nitrogens is 4. The first kappa shape index (κ1) is 18.1. The number of piperidine rings is 1. The second kappa shape index (κ2) is 7.26. The maximum Gasteiger partial charge on any atom is 0.246 e. The van der Waals surface area contributed by atoms with E-state index in [1.54, 1.807) is 20.4 Å². The maximum atomic E-state index is 12.6. The summed E-state index contributed by atoms with van der Waals surface area (Å²) in [4.78, 5) is 8.70. The SMILES string of the molecule is COc1nc(NC2CCN(S(=O)(=O)c3cnn(C)c3)CC2)ncc1Br. The molecule has 1 fully saturated rings. The number of halogens is 1. The molecule has 2 aromatic heterocycles. The average molecular weight is 431 g/mol. The zero-order valence-electron chi connectivity index (χ0n) is 13.9. The summed E-state index contributed by atoms with van der Waals surface area (Å²) in [5.74, 6) is 0.919. The van der Waals surface area contributed by atoms with Crippen LogP contribution in [0.2, 0.25) is 0 Å². The van der Waals surface area contributed by atoms with E-state index in [2.05, 4.69) is 36.3 Å². The molecule has 9 nitrogen and oxygen atoms in total. The van der Waals surface area contributed by atoms with Crippen LogP contribution in [0, 0.1) is 0 Å². The van der Waals surface area contributed by atoms with Crippen LogP contribution in [0.1, 0.15) is 12.8 Å². The van der Waals surface area contributed by atoms with Crippen molar-refractivity contribution in [2.24, 2.45) is 7.05 Å². The highest BCUT2D eigenvalue weighted by Crippen LogP contribution is 2.24. The molecule has 0 unspecified atom stereocenters. The van der Waals surface area contributed by atoms with E-state index in [1.165, 1.54) is 21.4 Å². The number of sulfonamides is 1. The number of ether oxygens (including phenoxy) is 1. The van der Waals surface area contributed by atoms with Gasteiger partial charge in [0.05, 0.1) is 24.0 Å². The average Bonchev–Trinajstić information content (AvgIpc) is 3.04. The standard InChI is InChI=1S/C14H19BrN6O3S/c1-20-9-11(7-17-20)25(22,23)21-5-3-10(4-6-21)18-14-16-8-12(15)13(19-14)24-2/h7-10H,3-6H2,1-2H3,(H,16,18,19). The number of nitrogens with one attached hydrogen (secondary N) is 1. The second-order valence-corrected chi connectivity index (χ2v) is 8.52. The largest absolute Gasteiger partial charge is 0.480 e. The predicted octanol–water partition coefficient (Wildman–Crippen LogP) is 1.25. The Morgan fingerprint density at radius 1 is 1.32 bits per heavy atom. The molecule has 3 heterocycles. The molecule has 1 aliphatic heterocycles. The van der Waals surface area contributed by atoms with Gasteiger partial charge in [0.2, 0.25) is 21.9 Å². The molecule has 1 saturated heterocycles. The molecule has 0 bridgehead atoms. The third kappa shape index (κ3) is 3.93. The molecule has 0 aromatic carbocycles.